The molecule has 0 spiro atoms. The van der Waals surface area contributed by atoms with Crippen LogP contribution < -0.4 is 10.1 Å². The summed E-state index contributed by atoms with van der Waals surface area (Å²) in [5, 5.41) is 3.17. The van der Waals surface area contributed by atoms with E-state index in [1.165, 1.54) is 12.1 Å². The third-order valence-electron chi connectivity index (χ3n) is 4.68. The standard InChI is InChI=1S/C18H26FNO2/c1-4-10-18(3,5-2)17(21)20-15-7-6-11-22-16-12-13(19)8-9-14(15)16/h8-9,12,15H,4-7,10-11H2,1-3H3,(H,20,21). The maximum Gasteiger partial charge on any atom is 0.226 e. The summed E-state index contributed by atoms with van der Waals surface area (Å²) in [5.41, 5.74) is 0.532. The van der Waals surface area contributed by atoms with E-state index in [1.54, 1.807) is 6.07 Å². The molecule has 2 atom stereocenters. The van der Waals surface area contributed by atoms with E-state index in [1.807, 2.05) is 6.92 Å². The highest BCUT2D eigenvalue weighted by Crippen LogP contribution is 2.34. The first kappa shape index (κ1) is 16.8. The van der Waals surface area contributed by atoms with E-state index in [2.05, 4.69) is 19.2 Å². The maximum absolute atomic E-state index is 13.4. The van der Waals surface area contributed by atoms with Gasteiger partial charge in [0, 0.05) is 17.0 Å². The average molecular weight is 307 g/mol. The number of amides is 1. The SMILES string of the molecule is CCCC(C)(CC)C(=O)NC1CCCOc2cc(F)ccc21. The van der Waals surface area contributed by atoms with Crippen LogP contribution >= 0.6 is 0 Å². The lowest BCUT2D eigenvalue weighted by molar-refractivity contribution is -0.131. The Morgan fingerprint density at radius 2 is 2.23 bits per heavy atom. The van der Waals surface area contributed by atoms with Crippen molar-refractivity contribution in [3.8, 4) is 5.75 Å². The number of hydrogen-bond acceptors (Lipinski definition) is 2. The normalized spacial score (nSPS) is 20.3. The third kappa shape index (κ3) is 3.60. The van der Waals surface area contributed by atoms with Crippen LogP contribution in [0.1, 0.15) is 64.5 Å². The molecule has 1 aliphatic rings. The molecule has 0 radical (unpaired) electrons. The summed E-state index contributed by atoms with van der Waals surface area (Å²) < 4.78 is 19.0. The lowest BCUT2D eigenvalue weighted by Crippen LogP contribution is -2.40. The molecule has 0 aromatic heterocycles. The fourth-order valence-corrected chi connectivity index (χ4v) is 3.03. The maximum atomic E-state index is 13.4. The molecule has 22 heavy (non-hydrogen) atoms. The number of hydrogen-bond donors (Lipinski definition) is 1. The molecular weight excluding hydrogens is 281 g/mol. The molecule has 4 heteroatoms. The van der Waals surface area contributed by atoms with Crippen molar-refractivity contribution in [1.29, 1.82) is 0 Å². The molecule has 2 unspecified atom stereocenters. The second-order valence-corrected chi connectivity index (χ2v) is 6.36. The first-order valence-electron chi connectivity index (χ1n) is 8.23. The zero-order chi connectivity index (χ0) is 16.2. The molecular formula is C18H26FNO2. The molecule has 1 aromatic rings. The predicted octanol–water partition coefficient (Wildman–Crippen LogP) is 4.37. The minimum Gasteiger partial charge on any atom is -0.493 e. The Morgan fingerprint density at radius 1 is 1.45 bits per heavy atom. The second-order valence-electron chi connectivity index (χ2n) is 6.36. The van der Waals surface area contributed by atoms with Crippen molar-refractivity contribution in [3.05, 3.63) is 29.6 Å². The van der Waals surface area contributed by atoms with Crippen LogP contribution in [0.15, 0.2) is 18.2 Å². The van der Waals surface area contributed by atoms with Gasteiger partial charge in [0.1, 0.15) is 11.6 Å². The van der Waals surface area contributed by atoms with Gasteiger partial charge in [0.05, 0.1) is 12.6 Å². The van der Waals surface area contributed by atoms with Gasteiger partial charge in [-0.3, -0.25) is 4.79 Å². The van der Waals surface area contributed by atoms with Crippen LogP contribution in [-0.4, -0.2) is 12.5 Å². The highest BCUT2D eigenvalue weighted by molar-refractivity contribution is 5.82. The molecule has 0 saturated heterocycles. The van der Waals surface area contributed by atoms with Gasteiger partial charge < -0.3 is 10.1 Å². The minimum absolute atomic E-state index is 0.0824. The van der Waals surface area contributed by atoms with Gasteiger partial charge in [0.2, 0.25) is 5.91 Å². The smallest absolute Gasteiger partial charge is 0.226 e. The van der Waals surface area contributed by atoms with Crippen molar-refractivity contribution in [1.82, 2.24) is 5.32 Å². The zero-order valence-corrected chi connectivity index (χ0v) is 13.7. The Kier molecular flexibility index (Phi) is 5.43. The Labute approximate surface area is 132 Å². The minimum atomic E-state index is -0.345. The molecule has 3 nitrogen and oxygen atoms in total. The van der Waals surface area contributed by atoms with E-state index in [0.717, 1.165) is 37.7 Å². The fraction of sp³-hybridized carbons (Fsp3) is 0.611. The fourth-order valence-electron chi connectivity index (χ4n) is 3.03. The van der Waals surface area contributed by atoms with Crippen molar-refractivity contribution in [3.63, 3.8) is 0 Å². The van der Waals surface area contributed by atoms with Gasteiger partial charge in [-0.25, -0.2) is 4.39 Å². The second kappa shape index (κ2) is 7.12. The number of nitrogens with one attached hydrogen (secondary N) is 1. The van der Waals surface area contributed by atoms with Crippen LogP contribution in [0.25, 0.3) is 0 Å². The number of halogens is 1. The van der Waals surface area contributed by atoms with Crippen molar-refractivity contribution in [2.75, 3.05) is 6.61 Å². The molecule has 1 amide bonds. The monoisotopic (exact) mass is 307 g/mol. The molecule has 0 fully saturated rings. The van der Waals surface area contributed by atoms with Crippen LogP contribution in [0.5, 0.6) is 5.75 Å². The lowest BCUT2D eigenvalue weighted by atomic mass is 9.81. The number of carbonyl (C=O) groups is 1. The Morgan fingerprint density at radius 3 is 2.91 bits per heavy atom. The largest absolute Gasteiger partial charge is 0.493 e. The van der Waals surface area contributed by atoms with Crippen LogP contribution in [0.4, 0.5) is 4.39 Å². The molecule has 0 bridgehead atoms. The van der Waals surface area contributed by atoms with E-state index in [9.17, 15) is 9.18 Å². The summed E-state index contributed by atoms with van der Waals surface area (Å²) in [6.07, 6.45) is 4.32. The van der Waals surface area contributed by atoms with E-state index in [0.29, 0.717) is 12.4 Å². The summed E-state index contributed by atoms with van der Waals surface area (Å²) in [4.78, 5) is 12.7. The van der Waals surface area contributed by atoms with E-state index in [-0.39, 0.29) is 23.2 Å². The highest BCUT2D eigenvalue weighted by Gasteiger charge is 2.33. The zero-order valence-electron chi connectivity index (χ0n) is 13.7. The van der Waals surface area contributed by atoms with Gasteiger partial charge in [-0.15, -0.1) is 0 Å². The first-order chi connectivity index (χ1) is 10.5. The highest BCUT2D eigenvalue weighted by atomic mass is 19.1. The lowest BCUT2D eigenvalue weighted by Gasteiger charge is -2.29. The van der Waals surface area contributed by atoms with E-state index >= 15 is 0 Å². The predicted molar refractivity (Wildman–Crippen MR) is 85.3 cm³/mol. The number of fused-ring (bicyclic) bond motifs is 1. The number of carbonyl (C=O) groups excluding carboxylic acids is 1. The molecule has 122 valence electrons. The molecule has 0 aliphatic carbocycles. The van der Waals surface area contributed by atoms with Gasteiger partial charge in [0.15, 0.2) is 0 Å². The quantitative estimate of drug-likeness (QED) is 0.877. The Bertz CT molecular complexity index is 532. The average Bonchev–Trinajstić information content (AvgIpc) is 2.69. The summed E-state index contributed by atoms with van der Waals surface area (Å²) in [6, 6.07) is 4.46. The summed E-state index contributed by atoms with van der Waals surface area (Å²) in [5.74, 6) is 0.325. The summed E-state index contributed by atoms with van der Waals surface area (Å²) in [6.45, 7) is 6.72. The van der Waals surface area contributed by atoms with Crippen molar-refractivity contribution in [2.45, 2.75) is 58.9 Å². The molecule has 1 heterocycles. The molecule has 1 N–H and O–H groups in total. The molecule has 1 aromatic carbocycles. The topological polar surface area (TPSA) is 38.3 Å². The third-order valence-corrected chi connectivity index (χ3v) is 4.68. The summed E-state index contributed by atoms with van der Waals surface area (Å²) in [7, 11) is 0. The molecule has 0 saturated carbocycles. The van der Waals surface area contributed by atoms with Crippen LogP contribution in [-0.2, 0) is 4.79 Å². The molecule has 1 aliphatic heterocycles. The summed E-state index contributed by atoms with van der Waals surface area (Å²) >= 11 is 0. The number of ether oxygens (including phenoxy) is 1. The van der Waals surface area contributed by atoms with Gasteiger partial charge in [-0.2, -0.15) is 0 Å². The van der Waals surface area contributed by atoms with E-state index < -0.39 is 0 Å². The van der Waals surface area contributed by atoms with Gasteiger partial charge in [-0.05, 0) is 31.7 Å². The van der Waals surface area contributed by atoms with Gasteiger partial charge in [-0.1, -0.05) is 33.3 Å². The van der Waals surface area contributed by atoms with Gasteiger partial charge in [0.25, 0.3) is 0 Å². The van der Waals surface area contributed by atoms with Crippen LogP contribution in [0.2, 0.25) is 0 Å². The number of benzene rings is 1. The van der Waals surface area contributed by atoms with Crippen molar-refractivity contribution < 1.29 is 13.9 Å². The van der Waals surface area contributed by atoms with Crippen molar-refractivity contribution >= 4 is 5.91 Å². The van der Waals surface area contributed by atoms with E-state index in [4.69, 9.17) is 4.74 Å². The number of rotatable bonds is 5. The van der Waals surface area contributed by atoms with Crippen molar-refractivity contribution in [2.24, 2.45) is 5.41 Å². The molecule has 2 rings (SSSR count). The Hall–Kier alpha value is -1.58. The Balaban J connectivity index is 2.21. The van der Waals surface area contributed by atoms with Crippen LogP contribution in [0, 0.1) is 11.2 Å². The van der Waals surface area contributed by atoms with Crippen LogP contribution in [0.3, 0.4) is 0 Å². The first-order valence-corrected chi connectivity index (χ1v) is 8.23. The van der Waals surface area contributed by atoms with Gasteiger partial charge >= 0.3 is 0 Å².